The molecule has 0 saturated carbocycles. The molecule has 0 radical (unpaired) electrons. The Balaban J connectivity index is 1.76. The molecule has 1 aromatic heterocycles. The second kappa shape index (κ2) is 8.72. The molecule has 7 aromatic carbocycles. The maximum atomic E-state index is 9.50. The van der Waals surface area contributed by atoms with Gasteiger partial charge in [-0.25, -0.2) is 0 Å². The van der Waals surface area contributed by atoms with Crippen molar-refractivity contribution in [1.82, 2.24) is 0 Å². The first kappa shape index (κ1) is 8.69. The fourth-order valence-corrected chi connectivity index (χ4v) is 4.62. The first-order chi connectivity index (χ1) is 29.3. The summed E-state index contributed by atoms with van der Waals surface area (Å²) in [6, 6.07) is -21.9. The lowest BCUT2D eigenvalue weighted by Gasteiger charge is -2.19. The molecule has 0 atom stereocenters. The second-order valence-electron chi connectivity index (χ2n) is 8.26. The lowest BCUT2D eigenvalue weighted by molar-refractivity contribution is 0.669. The molecule has 0 bridgehead atoms. The molecule has 0 N–H and O–H groups in total. The van der Waals surface area contributed by atoms with Gasteiger partial charge in [0.2, 0.25) is 0 Å². The highest BCUT2D eigenvalue weighted by molar-refractivity contribution is 6.22. The first-order valence-corrected chi connectivity index (χ1v) is 11.4. The van der Waals surface area contributed by atoms with Crippen molar-refractivity contribution in [3.05, 3.63) is 145 Å². The Bertz CT molecular complexity index is 3390. The van der Waals surface area contributed by atoms with Gasteiger partial charge in [0.25, 0.3) is 0 Å². The van der Waals surface area contributed by atoms with Crippen molar-refractivity contribution in [2.45, 2.75) is 0 Å². The van der Waals surface area contributed by atoms with Gasteiger partial charge in [-0.15, -0.1) is 0 Å². The van der Waals surface area contributed by atoms with Gasteiger partial charge in [0.15, 0.2) is 0 Å². The van der Waals surface area contributed by atoms with Crippen molar-refractivity contribution >= 4 is 43.5 Å². The number of hydrogen-bond acceptors (Lipinski definition) is 1. The number of furan rings is 1. The van der Waals surface area contributed by atoms with Crippen molar-refractivity contribution in [2.24, 2.45) is 0 Å². The summed E-state index contributed by atoms with van der Waals surface area (Å²) in [7, 11) is 0. The smallest absolute Gasteiger partial charge is 0.135 e. The van der Waals surface area contributed by atoms with E-state index in [9.17, 15) is 11.0 Å². The number of hydrogen-bond donors (Lipinski definition) is 0. The summed E-state index contributed by atoms with van der Waals surface area (Å²) >= 11 is 0. The minimum atomic E-state index is -1.03. The highest BCUT2D eigenvalue weighted by atomic mass is 16.3. The summed E-state index contributed by atoms with van der Waals surface area (Å²) in [6.45, 7) is 0. The highest BCUT2D eigenvalue weighted by Crippen LogP contribution is 2.46. The van der Waals surface area contributed by atoms with Gasteiger partial charge in [0, 0.05) is 10.8 Å². The zero-order chi connectivity index (χ0) is 46.6. The molecular formula is C38H24O. The SMILES string of the molecule is [2H]c1c([2H])c([2H])c(-c2c3c([2H])c([2H])c([2H])c([2H])c3c(-c3c([2H])c([2H])c([2H])c([2H])c3-c3c([2H])c([2H])c4oc5c([2H])c([2H])c([2H])c([2H])c5c4c3[2H])c3c([2H])c([2H])c([2H])c([2H])c23)c([2H])c1[2H]. The van der Waals surface area contributed by atoms with Crippen molar-refractivity contribution in [3.8, 4) is 33.4 Å². The van der Waals surface area contributed by atoms with E-state index in [1.54, 1.807) is 0 Å². The van der Waals surface area contributed by atoms with Crippen LogP contribution in [0, 0.1) is 0 Å². The number of para-hydroxylation sites is 1. The van der Waals surface area contributed by atoms with Gasteiger partial charge in [0.05, 0.1) is 32.9 Å². The minimum Gasteiger partial charge on any atom is -0.456 e. The molecule has 0 aliphatic heterocycles. The van der Waals surface area contributed by atoms with E-state index in [0.717, 1.165) is 0 Å². The van der Waals surface area contributed by atoms with Gasteiger partial charge in [0.1, 0.15) is 11.2 Å². The topological polar surface area (TPSA) is 13.1 Å². The van der Waals surface area contributed by atoms with E-state index in [4.69, 9.17) is 26.3 Å². The zero-order valence-electron chi connectivity index (χ0n) is 43.4. The molecule has 0 unspecified atom stereocenters. The Kier molecular flexibility index (Phi) is 1.94. The van der Waals surface area contributed by atoms with Crippen molar-refractivity contribution in [2.75, 3.05) is 0 Å². The molecule has 0 saturated heterocycles. The molecule has 8 aromatic rings. The zero-order valence-corrected chi connectivity index (χ0v) is 19.4. The highest BCUT2D eigenvalue weighted by Gasteiger charge is 2.19. The van der Waals surface area contributed by atoms with E-state index in [2.05, 4.69) is 0 Å². The normalized spacial score (nSPS) is 20.2. The van der Waals surface area contributed by atoms with Crippen LogP contribution in [0.5, 0.6) is 0 Å². The first-order valence-electron chi connectivity index (χ1n) is 23.4. The third-order valence-corrected chi connectivity index (χ3v) is 6.20. The summed E-state index contributed by atoms with van der Waals surface area (Å²) in [5, 5.41) is -3.73. The van der Waals surface area contributed by atoms with Crippen LogP contribution in [0.4, 0.5) is 0 Å². The van der Waals surface area contributed by atoms with Gasteiger partial charge in [-0.2, -0.15) is 0 Å². The quantitative estimate of drug-likeness (QED) is 0.211. The molecule has 0 fully saturated rings. The van der Waals surface area contributed by atoms with E-state index in [-0.39, 0.29) is 0 Å². The average Bonchev–Trinajstić information content (AvgIpc) is 3.67. The minimum absolute atomic E-state index is 0.416. The van der Waals surface area contributed by atoms with Crippen LogP contribution in [0.15, 0.2) is 149 Å². The molecule has 1 heteroatoms. The molecular weight excluding hydrogens is 472 g/mol. The maximum Gasteiger partial charge on any atom is 0.135 e. The predicted octanol–water partition coefficient (Wildman–Crippen LogP) is 10.9. The Labute approximate surface area is 260 Å². The molecule has 0 aliphatic rings. The third-order valence-electron chi connectivity index (χ3n) is 6.20. The van der Waals surface area contributed by atoms with Crippen LogP contribution < -0.4 is 0 Å². The maximum absolute atomic E-state index is 9.50. The molecule has 0 aliphatic carbocycles. The fourth-order valence-electron chi connectivity index (χ4n) is 4.62. The van der Waals surface area contributed by atoms with E-state index < -0.39 is 222 Å². The van der Waals surface area contributed by atoms with Crippen LogP contribution in [0.2, 0.25) is 0 Å². The summed E-state index contributed by atoms with van der Waals surface area (Å²) in [6.07, 6.45) is 0. The number of rotatable bonds is 3. The molecule has 182 valence electrons. The monoisotopic (exact) mass is 520 g/mol. The van der Waals surface area contributed by atoms with Gasteiger partial charge >= 0.3 is 0 Å². The van der Waals surface area contributed by atoms with Crippen molar-refractivity contribution in [1.29, 1.82) is 0 Å². The summed E-state index contributed by atoms with van der Waals surface area (Å²) in [5.41, 5.74) is -5.59. The van der Waals surface area contributed by atoms with Crippen molar-refractivity contribution in [3.63, 3.8) is 0 Å². The number of benzene rings is 7. The average molecular weight is 521 g/mol. The summed E-state index contributed by atoms with van der Waals surface area (Å²) in [4.78, 5) is 0. The van der Waals surface area contributed by atoms with E-state index in [1.165, 1.54) is 0 Å². The largest absolute Gasteiger partial charge is 0.456 e. The Morgan fingerprint density at radius 1 is 0.359 bits per heavy atom. The predicted molar refractivity (Wildman–Crippen MR) is 165 cm³/mol. The molecule has 39 heavy (non-hydrogen) atoms. The second-order valence-corrected chi connectivity index (χ2v) is 8.26. The van der Waals surface area contributed by atoms with E-state index >= 15 is 0 Å². The van der Waals surface area contributed by atoms with E-state index in [1.807, 2.05) is 0 Å². The van der Waals surface area contributed by atoms with Gasteiger partial charge in [-0.3, -0.25) is 0 Å². The molecule has 0 amide bonds. The number of fused-ring (bicyclic) bond motifs is 5. The Morgan fingerprint density at radius 2 is 0.872 bits per heavy atom. The Morgan fingerprint density at radius 3 is 1.56 bits per heavy atom. The molecule has 0 spiro atoms. The van der Waals surface area contributed by atoms with Crippen LogP contribution in [0.25, 0.3) is 76.9 Å². The van der Waals surface area contributed by atoms with Crippen molar-refractivity contribution < 1.29 is 37.3 Å². The summed E-state index contributed by atoms with van der Waals surface area (Å²) < 4.78 is 218. The van der Waals surface area contributed by atoms with Crippen LogP contribution in [-0.2, 0) is 0 Å². The summed E-state index contributed by atoms with van der Waals surface area (Å²) in [5.74, 6) is 0. The lowest BCUT2D eigenvalue weighted by Crippen LogP contribution is -1.92. The molecule has 1 nitrogen and oxygen atoms in total. The Hall–Kier alpha value is -5.14. The lowest BCUT2D eigenvalue weighted by atomic mass is 9.84. The van der Waals surface area contributed by atoms with E-state index in [0.29, 0.717) is 0 Å². The van der Waals surface area contributed by atoms with Crippen LogP contribution in [0.3, 0.4) is 0 Å². The molecule has 8 rings (SSSR count). The van der Waals surface area contributed by atoms with Crippen LogP contribution in [-0.4, -0.2) is 0 Å². The standard InChI is InChI=1S/C38H24O/c1-2-12-25(13-3-1)37-30-17-6-8-19-32(30)38(33-20-9-7-18-31(33)37)29-16-5-4-14-27(29)26-22-23-36-34(24-26)28-15-10-11-21-35(28)39-36/h1-24H/i1D,2D,3D,4D,5D,6D,7D,8D,9D,10D,11D,12D,13D,14D,15D,16D,17D,18D,19D,20D,21D,22D,23D,24D. The van der Waals surface area contributed by atoms with Gasteiger partial charge in [-0.1, -0.05) is 127 Å². The fraction of sp³-hybridized carbons (Fsp3) is 0. The third kappa shape index (κ3) is 3.41. The molecule has 1 heterocycles. The van der Waals surface area contributed by atoms with Gasteiger partial charge in [-0.05, 0) is 73.1 Å². The van der Waals surface area contributed by atoms with Crippen LogP contribution >= 0.6 is 0 Å². The van der Waals surface area contributed by atoms with Gasteiger partial charge < -0.3 is 4.42 Å². The van der Waals surface area contributed by atoms with Crippen LogP contribution in [0.1, 0.15) is 32.9 Å².